The number of thiophene rings is 1. The predicted molar refractivity (Wildman–Crippen MR) is 94.2 cm³/mol. The molecular formula is C14H21Br3S. The molecular weight excluding hydrogens is 440 g/mol. The van der Waals surface area contributed by atoms with E-state index in [9.17, 15) is 0 Å². The van der Waals surface area contributed by atoms with Crippen LogP contribution in [-0.2, 0) is 6.42 Å². The van der Waals surface area contributed by atoms with E-state index < -0.39 is 0 Å². The molecule has 0 saturated carbocycles. The largest absolute Gasteiger partial charge is 0.121 e. The van der Waals surface area contributed by atoms with Gasteiger partial charge in [0.2, 0.25) is 0 Å². The summed E-state index contributed by atoms with van der Waals surface area (Å²) in [7, 11) is 0. The van der Waals surface area contributed by atoms with Crippen molar-refractivity contribution in [2.45, 2.75) is 57.8 Å². The zero-order valence-corrected chi connectivity index (χ0v) is 16.3. The maximum absolute atomic E-state index is 3.62. The highest BCUT2D eigenvalue weighted by Crippen LogP contribution is 2.32. The Morgan fingerprint density at radius 3 is 1.89 bits per heavy atom. The van der Waals surface area contributed by atoms with Crippen molar-refractivity contribution >= 4 is 59.1 Å². The molecule has 0 fully saturated rings. The van der Waals surface area contributed by atoms with Crippen LogP contribution < -0.4 is 0 Å². The SMILES string of the molecule is BrCCCCCCCCCCc1cc(Br)sc1Br. The Kier molecular flexibility index (Phi) is 10.4. The molecule has 104 valence electrons. The van der Waals surface area contributed by atoms with E-state index in [0.717, 1.165) is 5.33 Å². The first kappa shape index (κ1) is 17.2. The van der Waals surface area contributed by atoms with Crippen molar-refractivity contribution in [3.63, 3.8) is 0 Å². The van der Waals surface area contributed by atoms with E-state index in [1.165, 1.54) is 70.9 Å². The molecule has 0 aromatic carbocycles. The topological polar surface area (TPSA) is 0 Å². The monoisotopic (exact) mass is 458 g/mol. The van der Waals surface area contributed by atoms with Crippen LogP contribution in [0, 0.1) is 0 Å². The normalized spacial score (nSPS) is 11.1. The summed E-state index contributed by atoms with van der Waals surface area (Å²) in [4.78, 5) is 0. The van der Waals surface area contributed by atoms with Crippen LogP contribution in [-0.4, -0.2) is 5.33 Å². The molecule has 1 aromatic rings. The minimum absolute atomic E-state index is 1.16. The van der Waals surface area contributed by atoms with Crippen molar-refractivity contribution in [1.29, 1.82) is 0 Å². The van der Waals surface area contributed by atoms with E-state index in [1.807, 2.05) is 0 Å². The molecule has 0 radical (unpaired) electrons. The van der Waals surface area contributed by atoms with Crippen LogP contribution in [0.4, 0.5) is 0 Å². The second-order valence-corrected chi connectivity index (χ2v) is 9.16. The Labute approximate surface area is 140 Å². The van der Waals surface area contributed by atoms with Crippen molar-refractivity contribution in [2.75, 3.05) is 5.33 Å². The van der Waals surface area contributed by atoms with Crippen molar-refractivity contribution < 1.29 is 0 Å². The average molecular weight is 461 g/mol. The molecule has 0 aliphatic heterocycles. The van der Waals surface area contributed by atoms with Crippen LogP contribution in [0.1, 0.15) is 56.9 Å². The summed E-state index contributed by atoms with van der Waals surface area (Å²) in [6, 6.07) is 2.25. The Hall–Kier alpha value is 1.14. The summed E-state index contributed by atoms with van der Waals surface area (Å²) in [6.07, 6.45) is 12.3. The minimum Gasteiger partial charge on any atom is -0.121 e. The number of hydrogen-bond donors (Lipinski definition) is 0. The molecule has 0 N–H and O–H groups in total. The number of hydrogen-bond acceptors (Lipinski definition) is 1. The molecule has 0 amide bonds. The lowest BCUT2D eigenvalue weighted by Gasteiger charge is -2.01. The summed E-state index contributed by atoms with van der Waals surface area (Å²) in [5.74, 6) is 0. The van der Waals surface area contributed by atoms with Gasteiger partial charge in [-0.25, -0.2) is 0 Å². The van der Waals surface area contributed by atoms with E-state index >= 15 is 0 Å². The fourth-order valence-electron chi connectivity index (χ4n) is 2.02. The second-order valence-electron chi connectivity index (χ2n) is 4.62. The summed E-state index contributed by atoms with van der Waals surface area (Å²) >= 11 is 12.4. The summed E-state index contributed by atoms with van der Waals surface area (Å²) in [6.45, 7) is 0. The maximum atomic E-state index is 3.62. The molecule has 1 aromatic heterocycles. The van der Waals surface area contributed by atoms with Crippen LogP contribution in [0.2, 0.25) is 0 Å². The highest BCUT2D eigenvalue weighted by atomic mass is 79.9. The van der Waals surface area contributed by atoms with Crippen LogP contribution in [0.15, 0.2) is 13.6 Å². The third-order valence-corrected chi connectivity index (χ3v) is 6.08. The van der Waals surface area contributed by atoms with Gasteiger partial charge >= 0.3 is 0 Å². The summed E-state index contributed by atoms with van der Waals surface area (Å²) < 4.78 is 2.53. The zero-order valence-electron chi connectivity index (χ0n) is 10.7. The Morgan fingerprint density at radius 1 is 0.833 bits per heavy atom. The molecule has 0 atom stereocenters. The number of unbranched alkanes of at least 4 members (excludes halogenated alkanes) is 7. The van der Waals surface area contributed by atoms with E-state index in [1.54, 1.807) is 11.3 Å². The van der Waals surface area contributed by atoms with E-state index in [4.69, 9.17) is 0 Å². The van der Waals surface area contributed by atoms with Gasteiger partial charge in [0.05, 0.1) is 7.57 Å². The van der Waals surface area contributed by atoms with Gasteiger partial charge in [0.15, 0.2) is 0 Å². The zero-order chi connectivity index (χ0) is 13.2. The first-order chi connectivity index (χ1) is 8.74. The van der Waals surface area contributed by atoms with Gasteiger partial charge in [0, 0.05) is 5.33 Å². The van der Waals surface area contributed by atoms with Crippen LogP contribution in [0.25, 0.3) is 0 Å². The fourth-order valence-corrected chi connectivity index (χ4v) is 5.33. The van der Waals surface area contributed by atoms with Crippen molar-refractivity contribution in [2.24, 2.45) is 0 Å². The molecule has 4 heteroatoms. The smallest absolute Gasteiger partial charge is 0.0742 e. The van der Waals surface area contributed by atoms with Gasteiger partial charge in [-0.15, -0.1) is 11.3 Å². The molecule has 18 heavy (non-hydrogen) atoms. The minimum atomic E-state index is 1.16. The maximum Gasteiger partial charge on any atom is 0.0742 e. The van der Waals surface area contributed by atoms with Crippen LogP contribution >= 0.6 is 59.1 Å². The van der Waals surface area contributed by atoms with E-state index in [0.29, 0.717) is 0 Å². The Bertz CT molecular complexity index is 323. The van der Waals surface area contributed by atoms with Crippen molar-refractivity contribution in [3.8, 4) is 0 Å². The van der Waals surface area contributed by atoms with Gasteiger partial charge in [-0.3, -0.25) is 0 Å². The fraction of sp³-hybridized carbons (Fsp3) is 0.714. The van der Waals surface area contributed by atoms with Gasteiger partial charge in [-0.05, 0) is 62.8 Å². The first-order valence-corrected chi connectivity index (χ1v) is 10.3. The van der Waals surface area contributed by atoms with Crippen LogP contribution in [0.3, 0.4) is 0 Å². The average Bonchev–Trinajstić information content (AvgIpc) is 2.66. The second kappa shape index (κ2) is 10.9. The number of aryl methyl sites for hydroxylation is 1. The molecule has 0 aliphatic rings. The van der Waals surface area contributed by atoms with Crippen LogP contribution in [0.5, 0.6) is 0 Å². The highest BCUT2D eigenvalue weighted by molar-refractivity contribution is 9.12. The molecule has 0 bridgehead atoms. The number of alkyl halides is 1. The molecule has 0 nitrogen and oxygen atoms in total. The quantitative estimate of drug-likeness (QED) is 0.253. The van der Waals surface area contributed by atoms with Gasteiger partial charge < -0.3 is 0 Å². The first-order valence-electron chi connectivity index (χ1n) is 6.73. The van der Waals surface area contributed by atoms with E-state index in [2.05, 4.69) is 53.9 Å². The number of rotatable bonds is 10. The molecule has 0 aliphatic carbocycles. The van der Waals surface area contributed by atoms with Gasteiger partial charge in [-0.2, -0.15) is 0 Å². The van der Waals surface area contributed by atoms with Gasteiger partial charge in [0.1, 0.15) is 0 Å². The number of halogens is 3. The molecule has 1 rings (SSSR count). The lowest BCUT2D eigenvalue weighted by Crippen LogP contribution is -1.85. The van der Waals surface area contributed by atoms with Crippen molar-refractivity contribution in [3.05, 3.63) is 19.2 Å². The highest BCUT2D eigenvalue weighted by Gasteiger charge is 2.04. The Balaban J connectivity index is 1.94. The van der Waals surface area contributed by atoms with Gasteiger partial charge in [0.25, 0.3) is 0 Å². The van der Waals surface area contributed by atoms with E-state index in [-0.39, 0.29) is 0 Å². The summed E-state index contributed by atoms with van der Waals surface area (Å²) in [5, 5.41) is 1.16. The standard InChI is InChI=1S/C14H21Br3S/c15-10-8-6-4-2-1-3-5-7-9-12-11-13(16)18-14(12)17/h11H,1-10H2. The third-order valence-electron chi connectivity index (χ3n) is 3.06. The predicted octanol–water partition coefficient (Wildman–Crippen LogP) is 7.33. The van der Waals surface area contributed by atoms with Crippen molar-refractivity contribution in [1.82, 2.24) is 0 Å². The molecule has 0 saturated heterocycles. The third kappa shape index (κ3) is 7.66. The lowest BCUT2D eigenvalue weighted by molar-refractivity contribution is 0.577. The molecule has 1 heterocycles. The molecule has 0 spiro atoms. The molecule has 0 unspecified atom stereocenters. The van der Waals surface area contributed by atoms with Gasteiger partial charge in [-0.1, -0.05) is 54.5 Å². The lowest BCUT2D eigenvalue weighted by atomic mass is 10.1. The summed E-state index contributed by atoms with van der Waals surface area (Å²) in [5.41, 5.74) is 1.46. The Morgan fingerprint density at radius 2 is 1.39 bits per heavy atom.